The van der Waals surface area contributed by atoms with Crippen LogP contribution in [0.5, 0.6) is 0 Å². The predicted molar refractivity (Wildman–Crippen MR) is 128 cm³/mol. The molecule has 2 saturated heterocycles. The van der Waals surface area contributed by atoms with Gasteiger partial charge in [-0.05, 0) is 25.0 Å². The molecule has 2 fully saturated rings. The lowest BCUT2D eigenvalue weighted by Crippen LogP contribution is -2.57. The number of hydrogen-bond acceptors (Lipinski definition) is 5. The summed E-state index contributed by atoms with van der Waals surface area (Å²) in [6, 6.07) is 8.44. The second kappa shape index (κ2) is 10.4. The van der Waals surface area contributed by atoms with E-state index in [0.29, 0.717) is 19.6 Å². The molecule has 1 aromatic rings. The van der Waals surface area contributed by atoms with E-state index in [1.54, 1.807) is 20.9 Å². The molecule has 2 aliphatic rings. The van der Waals surface area contributed by atoms with Crippen molar-refractivity contribution in [2.45, 2.75) is 31.7 Å². The number of rotatable bonds is 4. The molecule has 2 aliphatic heterocycles. The SMILES string of the molecule is CN=C(NCc1ccccc1CN1CCOCC1)N1CCS(=O)(=O)C(C)(C)C1.I. The highest BCUT2D eigenvalue weighted by atomic mass is 127. The van der Waals surface area contributed by atoms with Crippen molar-refractivity contribution < 1.29 is 13.2 Å². The van der Waals surface area contributed by atoms with Gasteiger partial charge in [-0.1, -0.05) is 24.3 Å². The Labute approximate surface area is 191 Å². The minimum absolute atomic E-state index is 0. The standard InChI is InChI=1S/C20H32N4O3S.HI/c1-20(2)16-24(10-13-28(20,25)26)19(21-3)22-14-17-6-4-5-7-18(17)15-23-8-11-27-12-9-23;/h4-7H,8-16H2,1-3H3,(H,21,22);1H. The summed E-state index contributed by atoms with van der Waals surface area (Å²) in [5, 5.41) is 3.44. The van der Waals surface area contributed by atoms with Crippen molar-refractivity contribution in [3.63, 3.8) is 0 Å². The Kier molecular flexibility index (Phi) is 8.74. The maximum absolute atomic E-state index is 12.3. The molecule has 0 aliphatic carbocycles. The lowest BCUT2D eigenvalue weighted by atomic mass is 10.1. The second-order valence-corrected chi connectivity index (χ2v) is 10.8. The number of ether oxygens (including phenoxy) is 1. The molecule has 0 bridgehead atoms. The Morgan fingerprint density at radius 3 is 2.45 bits per heavy atom. The zero-order chi connectivity index (χ0) is 20.2. The van der Waals surface area contributed by atoms with E-state index < -0.39 is 14.6 Å². The van der Waals surface area contributed by atoms with Crippen molar-refractivity contribution in [3.05, 3.63) is 35.4 Å². The van der Waals surface area contributed by atoms with E-state index in [0.717, 1.165) is 38.8 Å². The normalized spacial score (nSPS) is 22.0. The molecule has 0 atom stereocenters. The average molecular weight is 536 g/mol. The van der Waals surface area contributed by atoms with Crippen LogP contribution in [0.15, 0.2) is 29.3 Å². The summed E-state index contributed by atoms with van der Waals surface area (Å²) in [6.07, 6.45) is 0. The fourth-order valence-electron chi connectivity index (χ4n) is 3.72. The Morgan fingerprint density at radius 1 is 1.17 bits per heavy atom. The van der Waals surface area contributed by atoms with Crippen LogP contribution in [0, 0.1) is 0 Å². The fourth-order valence-corrected chi connectivity index (χ4v) is 5.08. The maximum atomic E-state index is 12.3. The van der Waals surface area contributed by atoms with Crippen molar-refractivity contribution >= 4 is 39.8 Å². The van der Waals surface area contributed by atoms with E-state index in [4.69, 9.17) is 4.74 Å². The van der Waals surface area contributed by atoms with Crippen LogP contribution >= 0.6 is 24.0 Å². The highest BCUT2D eigenvalue weighted by Crippen LogP contribution is 2.23. The van der Waals surface area contributed by atoms with Gasteiger partial charge in [0.05, 0.1) is 23.7 Å². The monoisotopic (exact) mass is 536 g/mol. The number of benzene rings is 1. The van der Waals surface area contributed by atoms with Gasteiger partial charge in [0, 0.05) is 46.3 Å². The van der Waals surface area contributed by atoms with Gasteiger partial charge in [-0.2, -0.15) is 0 Å². The number of nitrogens with zero attached hydrogens (tertiary/aromatic N) is 3. The molecule has 1 N–H and O–H groups in total. The minimum atomic E-state index is -3.07. The minimum Gasteiger partial charge on any atom is -0.379 e. The molecule has 0 saturated carbocycles. The number of sulfone groups is 1. The summed E-state index contributed by atoms with van der Waals surface area (Å²) in [7, 11) is -1.32. The van der Waals surface area contributed by atoms with Gasteiger partial charge >= 0.3 is 0 Å². The Morgan fingerprint density at radius 2 is 1.83 bits per heavy atom. The fraction of sp³-hybridized carbons (Fsp3) is 0.650. The number of guanidine groups is 1. The second-order valence-electron chi connectivity index (χ2n) is 8.06. The number of aliphatic imine (C=N–C) groups is 1. The van der Waals surface area contributed by atoms with Gasteiger partial charge < -0.3 is 15.0 Å². The van der Waals surface area contributed by atoms with Gasteiger partial charge in [0.25, 0.3) is 0 Å². The summed E-state index contributed by atoms with van der Waals surface area (Å²) in [5.41, 5.74) is 2.54. The van der Waals surface area contributed by atoms with E-state index in [1.165, 1.54) is 11.1 Å². The first-order valence-corrected chi connectivity index (χ1v) is 11.5. The highest BCUT2D eigenvalue weighted by Gasteiger charge is 2.40. The lowest BCUT2D eigenvalue weighted by molar-refractivity contribution is 0.0341. The van der Waals surface area contributed by atoms with Crippen molar-refractivity contribution in [2.24, 2.45) is 4.99 Å². The van der Waals surface area contributed by atoms with Crippen molar-refractivity contribution in [1.29, 1.82) is 0 Å². The Balaban J connectivity index is 0.00000300. The predicted octanol–water partition coefficient (Wildman–Crippen LogP) is 1.72. The molecule has 0 radical (unpaired) electrons. The van der Waals surface area contributed by atoms with Crippen LogP contribution in [0.4, 0.5) is 0 Å². The molecule has 2 heterocycles. The van der Waals surface area contributed by atoms with Crippen LogP contribution in [0.3, 0.4) is 0 Å². The lowest BCUT2D eigenvalue weighted by Gasteiger charge is -2.39. The first kappa shape index (κ1) is 24.4. The number of morpholine rings is 1. The third-order valence-corrected chi connectivity index (χ3v) is 8.14. The van der Waals surface area contributed by atoms with E-state index in [2.05, 4.69) is 39.5 Å². The first-order chi connectivity index (χ1) is 13.3. The molecular weight excluding hydrogens is 503 g/mol. The smallest absolute Gasteiger partial charge is 0.193 e. The van der Waals surface area contributed by atoms with Crippen LogP contribution in [0.2, 0.25) is 0 Å². The summed E-state index contributed by atoms with van der Waals surface area (Å²) in [4.78, 5) is 8.85. The molecule has 7 nitrogen and oxygen atoms in total. The molecule has 0 amide bonds. The average Bonchev–Trinajstić information content (AvgIpc) is 2.67. The van der Waals surface area contributed by atoms with E-state index >= 15 is 0 Å². The van der Waals surface area contributed by atoms with E-state index in [1.807, 2.05) is 4.90 Å². The molecule has 1 aromatic carbocycles. The van der Waals surface area contributed by atoms with Crippen molar-refractivity contribution in [3.8, 4) is 0 Å². The number of nitrogens with one attached hydrogen (secondary N) is 1. The molecule has 29 heavy (non-hydrogen) atoms. The largest absolute Gasteiger partial charge is 0.379 e. The quantitative estimate of drug-likeness (QED) is 0.359. The van der Waals surface area contributed by atoms with Gasteiger partial charge in [0.15, 0.2) is 15.8 Å². The molecular formula is C20H33IN4O3S. The third kappa shape index (κ3) is 6.05. The van der Waals surface area contributed by atoms with Crippen LogP contribution in [-0.4, -0.2) is 81.1 Å². The molecule has 3 rings (SSSR count). The van der Waals surface area contributed by atoms with Gasteiger partial charge in [0.2, 0.25) is 0 Å². The topological polar surface area (TPSA) is 74.2 Å². The molecule has 9 heteroatoms. The van der Waals surface area contributed by atoms with Crippen LogP contribution < -0.4 is 5.32 Å². The van der Waals surface area contributed by atoms with E-state index in [9.17, 15) is 8.42 Å². The van der Waals surface area contributed by atoms with Crippen LogP contribution in [0.1, 0.15) is 25.0 Å². The summed E-state index contributed by atoms with van der Waals surface area (Å²) < 4.78 is 29.2. The summed E-state index contributed by atoms with van der Waals surface area (Å²) in [5.74, 6) is 0.915. The van der Waals surface area contributed by atoms with Crippen molar-refractivity contribution in [1.82, 2.24) is 15.1 Å². The summed E-state index contributed by atoms with van der Waals surface area (Å²) in [6.45, 7) is 9.58. The first-order valence-electron chi connectivity index (χ1n) is 9.87. The van der Waals surface area contributed by atoms with Crippen LogP contribution in [-0.2, 0) is 27.7 Å². The molecule has 0 spiro atoms. The van der Waals surface area contributed by atoms with E-state index in [-0.39, 0.29) is 29.7 Å². The molecule has 0 unspecified atom stereocenters. The highest BCUT2D eigenvalue weighted by molar-refractivity contribution is 14.0. The Hall–Kier alpha value is -0.910. The van der Waals surface area contributed by atoms with Gasteiger partial charge in [-0.25, -0.2) is 8.42 Å². The van der Waals surface area contributed by atoms with Gasteiger partial charge in [-0.3, -0.25) is 9.89 Å². The molecule has 164 valence electrons. The maximum Gasteiger partial charge on any atom is 0.193 e. The van der Waals surface area contributed by atoms with Crippen molar-refractivity contribution in [2.75, 3.05) is 52.2 Å². The zero-order valence-corrected chi connectivity index (χ0v) is 20.7. The number of hydrogen-bond donors (Lipinski definition) is 1. The Bertz CT molecular complexity index is 808. The van der Waals surface area contributed by atoms with Crippen LogP contribution in [0.25, 0.3) is 0 Å². The van der Waals surface area contributed by atoms with Gasteiger partial charge in [0.1, 0.15) is 0 Å². The third-order valence-electron chi connectivity index (χ3n) is 5.61. The van der Waals surface area contributed by atoms with Gasteiger partial charge in [-0.15, -0.1) is 24.0 Å². The number of halogens is 1. The molecule has 0 aromatic heterocycles. The zero-order valence-electron chi connectivity index (χ0n) is 17.6. The summed E-state index contributed by atoms with van der Waals surface area (Å²) >= 11 is 0.